The predicted octanol–water partition coefficient (Wildman–Crippen LogP) is 3.37. The summed E-state index contributed by atoms with van der Waals surface area (Å²) in [5.41, 5.74) is 0.949. The number of benzene rings is 1. The molecule has 0 radical (unpaired) electrons. The van der Waals surface area contributed by atoms with Gasteiger partial charge in [-0.05, 0) is 43.4 Å². The van der Waals surface area contributed by atoms with Gasteiger partial charge >= 0.3 is 0 Å². The summed E-state index contributed by atoms with van der Waals surface area (Å²) in [6, 6.07) is 5.49. The number of hydrogen-bond donors (Lipinski definition) is 1. The Kier molecular flexibility index (Phi) is 3.27. The van der Waals surface area contributed by atoms with E-state index in [9.17, 15) is 4.39 Å². The fourth-order valence-corrected chi connectivity index (χ4v) is 1.81. The number of rotatable bonds is 4. The molecule has 0 saturated heterocycles. The Labute approximate surface area is 94.6 Å². The van der Waals surface area contributed by atoms with Gasteiger partial charge in [0.1, 0.15) is 5.82 Å². The molecule has 0 aromatic heterocycles. The van der Waals surface area contributed by atoms with E-state index >= 15 is 0 Å². The topological polar surface area (TPSA) is 12.0 Å². The van der Waals surface area contributed by atoms with Crippen LogP contribution in [0.2, 0.25) is 5.02 Å². The van der Waals surface area contributed by atoms with E-state index in [2.05, 4.69) is 12.2 Å². The maximum Gasteiger partial charge on any atom is 0.142 e. The first-order chi connectivity index (χ1) is 7.16. The zero-order valence-electron chi connectivity index (χ0n) is 8.76. The number of nitrogens with one attached hydrogen (secondary N) is 1. The van der Waals surface area contributed by atoms with Crippen LogP contribution in [0.4, 0.5) is 4.39 Å². The van der Waals surface area contributed by atoms with Crippen molar-refractivity contribution in [2.24, 2.45) is 5.92 Å². The predicted molar refractivity (Wildman–Crippen MR) is 60.4 cm³/mol. The summed E-state index contributed by atoms with van der Waals surface area (Å²) < 4.78 is 13.1. The summed E-state index contributed by atoms with van der Waals surface area (Å²) in [4.78, 5) is 0. The molecule has 3 heteroatoms. The molecular weight excluding hydrogens is 213 g/mol. The summed E-state index contributed by atoms with van der Waals surface area (Å²) >= 11 is 5.61. The van der Waals surface area contributed by atoms with Crippen LogP contribution in [0, 0.1) is 11.7 Å². The highest BCUT2D eigenvalue weighted by atomic mass is 35.5. The van der Waals surface area contributed by atoms with Crippen LogP contribution in [0.25, 0.3) is 0 Å². The third-order valence-electron chi connectivity index (χ3n) is 2.94. The molecule has 2 rings (SSSR count). The largest absolute Gasteiger partial charge is 0.310 e. The Morgan fingerprint density at radius 1 is 1.53 bits per heavy atom. The van der Waals surface area contributed by atoms with Crippen molar-refractivity contribution in [3.05, 3.63) is 34.6 Å². The second kappa shape index (κ2) is 4.50. The van der Waals surface area contributed by atoms with Gasteiger partial charge in [-0.15, -0.1) is 0 Å². The van der Waals surface area contributed by atoms with Crippen LogP contribution in [0.15, 0.2) is 18.2 Å². The third-order valence-corrected chi connectivity index (χ3v) is 3.25. The average Bonchev–Trinajstić information content (AvgIpc) is 3.03. The molecule has 1 atom stereocenters. The second-order valence-corrected chi connectivity index (χ2v) is 4.66. The van der Waals surface area contributed by atoms with Crippen LogP contribution < -0.4 is 5.32 Å². The summed E-state index contributed by atoms with van der Waals surface area (Å²) in [5, 5.41) is 3.59. The molecular formula is C12H15ClFN. The highest BCUT2D eigenvalue weighted by Gasteiger charge is 2.27. The van der Waals surface area contributed by atoms with Crippen LogP contribution in [-0.2, 0) is 6.54 Å². The quantitative estimate of drug-likeness (QED) is 0.832. The van der Waals surface area contributed by atoms with Gasteiger partial charge in [-0.25, -0.2) is 4.39 Å². The number of halogens is 2. The Morgan fingerprint density at radius 3 is 2.87 bits per heavy atom. The molecule has 1 saturated carbocycles. The summed E-state index contributed by atoms with van der Waals surface area (Å²) in [7, 11) is 0. The molecule has 15 heavy (non-hydrogen) atoms. The van der Waals surface area contributed by atoms with Crippen molar-refractivity contribution in [3.8, 4) is 0 Å². The smallest absolute Gasteiger partial charge is 0.142 e. The van der Waals surface area contributed by atoms with E-state index in [1.165, 1.54) is 18.9 Å². The monoisotopic (exact) mass is 227 g/mol. The molecule has 1 N–H and O–H groups in total. The minimum Gasteiger partial charge on any atom is -0.310 e. The molecule has 1 fully saturated rings. The van der Waals surface area contributed by atoms with E-state index in [0.29, 0.717) is 12.6 Å². The van der Waals surface area contributed by atoms with Crippen molar-refractivity contribution in [3.63, 3.8) is 0 Å². The van der Waals surface area contributed by atoms with E-state index in [1.54, 1.807) is 6.07 Å². The molecule has 0 amide bonds. The summed E-state index contributed by atoms with van der Waals surface area (Å²) in [6.45, 7) is 2.90. The standard InChI is InChI=1S/C12H15ClFN/c1-8(10-3-4-10)15-7-9-2-5-11(13)12(14)6-9/h2,5-6,8,10,15H,3-4,7H2,1H3. The van der Waals surface area contributed by atoms with E-state index in [4.69, 9.17) is 11.6 Å². The van der Waals surface area contributed by atoms with Crippen LogP contribution in [0.3, 0.4) is 0 Å². The fraction of sp³-hybridized carbons (Fsp3) is 0.500. The lowest BCUT2D eigenvalue weighted by Gasteiger charge is -2.12. The van der Waals surface area contributed by atoms with Crippen LogP contribution in [-0.4, -0.2) is 6.04 Å². The van der Waals surface area contributed by atoms with Gasteiger partial charge in [0.05, 0.1) is 5.02 Å². The van der Waals surface area contributed by atoms with Gasteiger partial charge < -0.3 is 5.32 Å². The van der Waals surface area contributed by atoms with Crippen molar-refractivity contribution in [2.75, 3.05) is 0 Å². The SMILES string of the molecule is CC(NCc1ccc(Cl)c(F)c1)C1CC1. The highest BCUT2D eigenvalue weighted by Crippen LogP contribution is 2.32. The molecule has 1 aromatic carbocycles. The van der Waals surface area contributed by atoms with Gasteiger partial charge in [0.15, 0.2) is 0 Å². The normalized spacial score (nSPS) is 17.8. The number of hydrogen-bond acceptors (Lipinski definition) is 1. The van der Waals surface area contributed by atoms with Gasteiger partial charge in [-0.2, -0.15) is 0 Å². The molecule has 0 aliphatic heterocycles. The minimum absolute atomic E-state index is 0.189. The minimum atomic E-state index is -0.338. The molecule has 1 aromatic rings. The van der Waals surface area contributed by atoms with Gasteiger partial charge in [0.25, 0.3) is 0 Å². The van der Waals surface area contributed by atoms with Crippen molar-refractivity contribution in [2.45, 2.75) is 32.4 Å². The molecule has 1 nitrogen and oxygen atoms in total. The van der Waals surface area contributed by atoms with Gasteiger partial charge in [-0.1, -0.05) is 17.7 Å². The van der Waals surface area contributed by atoms with Crippen molar-refractivity contribution >= 4 is 11.6 Å². The van der Waals surface area contributed by atoms with E-state index in [-0.39, 0.29) is 10.8 Å². The van der Waals surface area contributed by atoms with Crippen molar-refractivity contribution in [1.29, 1.82) is 0 Å². The first kappa shape index (κ1) is 10.9. The first-order valence-electron chi connectivity index (χ1n) is 5.34. The summed E-state index contributed by atoms with van der Waals surface area (Å²) in [5.74, 6) is 0.484. The average molecular weight is 228 g/mol. The molecule has 1 unspecified atom stereocenters. The van der Waals surface area contributed by atoms with Gasteiger partial charge in [-0.3, -0.25) is 0 Å². The molecule has 0 heterocycles. The molecule has 82 valence electrons. The van der Waals surface area contributed by atoms with E-state index in [1.807, 2.05) is 6.07 Å². The zero-order chi connectivity index (χ0) is 10.8. The lowest BCUT2D eigenvalue weighted by Crippen LogP contribution is -2.27. The highest BCUT2D eigenvalue weighted by molar-refractivity contribution is 6.30. The molecule has 0 bridgehead atoms. The lowest BCUT2D eigenvalue weighted by molar-refractivity contribution is 0.495. The van der Waals surface area contributed by atoms with Crippen molar-refractivity contribution < 1.29 is 4.39 Å². The Balaban J connectivity index is 1.89. The molecule has 1 aliphatic carbocycles. The van der Waals surface area contributed by atoms with E-state index in [0.717, 1.165) is 11.5 Å². The first-order valence-corrected chi connectivity index (χ1v) is 5.72. The van der Waals surface area contributed by atoms with Crippen molar-refractivity contribution in [1.82, 2.24) is 5.32 Å². The second-order valence-electron chi connectivity index (χ2n) is 4.26. The summed E-state index contributed by atoms with van der Waals surface area (Å²) in [6.07, 6.45) is 2.65. The Hall–Kier alpha value is -0.600. The molecule has 1 aliphatic rings. The third kappa shape index (κ3) is 2.93. The van der Waals surface area contributed by atoms with E-state index < -0.39 is 0 Å². The Bertz CT molecular complexity index is 349. The van der Waals surface area contributed by atoms with Crippen LogP contribution >= 0.6 is 11.6 Å². The fourth-order valence-electron chi connectivity index (χ4n) is 1.69. The Morgan fingerprint density at radius 2 is 2.27 bits per heavy atom. The zero-order valence-corrected chi connectivity index (χ0v) is 9.52. The van der Waals surface area contributed by atoms with Crippen LogP contribution in [0.1, 0.15) is 25.3 Å². The molecule has 0 spiro atoms. The maximum atomic E-state index is 13.1. The maximum absolute atomic E-state index is 13.1. The lowest BCUT2D eigenvalue weighted by atomic mass is 10.2. The van der Waals surface area contributed by atoms with Gasteiger partial charge in [0, 0.05) is 12.6 Å². The van der Waals surface area contributed by atoms with Crippen LogP contribution in [0.5, 0.6) is 0 Å². The van der Waals surface area contributed by atoms with Gasteiger partial charge in [0.2, 0.25) is 0 Å².